The fraction of sp³-hybridized carbons (Fsp3) is 0.250. The van der Waals surface area contributed by atoms with Crippen LogP contribution in [0, 0.1) is 6.92 Å². The zero-order chi connectivity index (χ0) is 28.7. The van der Waals surface area contributed by atoms with Crippen LogP contribution in [0.2, 0.25) is 0 Å². The first-order valence-corrected chi connectivity index (χ1v) is 15.3. The van der Waals surface area contributed by atoms with Gasteiger partial charge in [-0.3, -0.25) is 9.52 Å². The zero-order valence-electron chi connectivity index (χ0n) is 22.9. The highest BCUT2D eigenvalue weighted by Crippen LogP contribution is 2.40. The zero-order valence-corrected chi connectivity index (χ0v) is 23.7. The van der Waals surface area contributed by atoms with E-state index in [-0.39, 0.29) is 16.4 Å². The van der Waals surface area contributed by atoms with Gasteiger partial charge in [-0.15, -0.1) is 0 Å². The number of hydrogen-bond acceptors (Lipinski definition) is 6. The molecule has 5 aromatic rings. The number of carbonyl (C=O) groups excluding carboxylic acids is 2. The highest BCUT2D eigenvalue weighted by molar-refractivity contribution is 7.93. The number of hydrogen-bond donors (Lipinski definition) is 2. The molecular formula is C32H30N2O6S. The van der Waals surface area contributed by atoms with Crippen molar-refractivity contribution in [1.29, 1.82) is 0 Å². The van der Waals surface area contributed by atoms with Crippen molar-refractivity contribution in [1.82, 2.24) is 0 Å². The molecule has 0 saturated heterocycles. The lowest BCUT2D eigenvalue weighted by Gasteiger charge is -2.14. The van der Waals surface area contributed by atoms with Crippen molar-refractivity contribution in [2.45, 2.75) is 50.8 Å². The van der Waals surface area contributed by atoms with Gasteiger partial charge >= 0.3 is 5.97 Å². The second-order valence-corrected chi connectivity index (χ2v) is 12.0. The number of esters is 1. The molecule has 0 radical (unpaired) electrons. The van der Waals surface area contributed by atoms with Gasteiger partial charge in [-0.1, -0.05) is 69.0 Å². The topological polar surface area (TPSA) is 115 Å². The molecule has 41 heavy (non-hydrogen) atoms. The summed E-state index contributed by atoms with van der Waals surface area (Å²) in [5.74, 6) is -0.350. The number of rotatable bonds is 10. The van der Waals surface area contributed by atoms with Gasteiger partial charge in [0.15, 0.2) is 0 Å². The summed E-state index contributed by atoms with van der Waals surface area (Å²) in [5, 5.41) is 5.56. The monoisotopic (exact) mass is 570 g/mol. The number of carbonyl (C=O) groups is 2. The van der Waals surface area contributed by atoms with Crippen molar-refractivity contribution in [2.24, 2.45) is 0 Å². The highest BCUT2D eigenvalue weighted by atomic mass is 32.2. The molecule has 1 aliphatic rings. The molecule has 9 heteroatoms. The lowest BCUT2D eigenvalue weighted by atomic mass is 10.0. The predicted molar refractivity (Wildman–Crippen MR) is 160 cm³/mol. The van der Waals surface area contributed by atoms with Crippen LogP contribution in [0.15, 0.2) is 70.0 Å². The Labute approximate surface area is 237 Å². The van der Waals surface area contributed by atoms with Crippen molar-refractivity contribution in [2.75, 3.05) is 16.6 Å². The molecule has 4 aromatic carbocycles. The second kappa shape index (κ2) is 10.6. The Balaban J connectivity index is 1.40. The number of furan rings is 1. The molecule has 0 bridgehead atoms. The quantitative estimate of drug-likeness (QED) is 0.132. The van der Waals surface area contributed by atoms with E-state index >= 15 is 0 Å². The molecular weight excluding hydrogens is 540 g/mol. The van der Waals surface area contributed by atoms with Crippen LogP contribution in [0.5, 0.6) is 0 Å². The van der Waals surface area contributed by atoms with Crippen molar-refractivity contribution in [3.63, 3.8) is 0 Å². The molecule has 0 atom stereocenters. The summed E-state index contributed by atoms with van der Waals surface area (Å²) in [5.41, 5.74) is 2.10. The number of amides is 1. The van der Waals surface area contributed by atoms with Gasteiger partial charge in [0.05, 0.1) is 17.2 Å². The predicted octanol–water partition coefficient (Wildman–Crippen LogP) is 7.54. The minimum Gasteiger partial charge on any atom is -0.462 e. The fourth-order valence-corrected chi connectivity index (χ4v) is 6.89. The van der Waals surface area contributed by atoms with E-state index in [4.69, 9.17) is 9.15 Å². The fourth-order valence-electron chi connectivity index (χ4n) is 5.62. The minimum atomic E-state index is -4.11. The summed E-state index contributed by atoms with van der Waals surface area (Å²) in [6, 6.07) is 17.0. The summed E-state index contributed by atoms with van der Waals surface area (Å²) in [6.07, 6.45) is 5.17. The number of unbranched alkanes of at least 4 members (excludes halogenated alkanes) is 4. The van der Waals surface area contributed by atoms with Crippen LogP contribution in [-0.4, -0.2) is 26.9 Å². The SMILES string of the molecule is CCCCCCCOC(=O)c1c(C)oc2c1cc(NS(=O)(=O)c1ccc3c4c(cccc14)C(=O)N3)c1ccccc12. The van der Waals surface area contributed by atoms with Gasteiger partial charge in [-0.05, 0) is 37.6 Å². The average Bonchev–Trinajstić information content (AvgIpc) is 3.47. The second-order valence-electron chi connectivity index (χ2n) is 10.3. The first-order chi connectivity index (χ1) is 19.8. The van der Waals surface area contributed by atoms with Gasteiger partial charge in [-0.2, -0.15) is 0 Å². The van der Waals surface area contributed by atoms with E-state index < -0.39 is 16.0 Å². The van der Waals surface area contributed by atoms with Gasteiger partial charge < -0.3 is 14.5 Å². The van der Waals surface area contributed by atoms with Crippen molar-refractivity contribution < 1.29 is 27.2 Å². The molecule has 1 amide bonds. The molecule has 1 aliphatic heterocycles. The Morgan fingerprint density at radius 3 is 2.49 bits per heavy atom. The van der Waals surface area contributed by atoms with Crippen LogP contribution in [0.25, 0.3) is 32.5 Å². The Morgan fingerprint density at radius 1 is 0.927 bits per heavy atom. The maximum absolute atomic E-state index is 13.9. The van der Waals surface area contributed by atoms with Gasteiger partial charge in [0.25, 0.3) is 15.9 Å². The van der Waals surface area contributed by atoms with E-state index in [1.54, 1.807) is 43.3 Å². The molecule has 0 aliphatic carbocycles. The van der Waals surface area contributed by atoms with Crippen molar-refractivity contribution in [3.05, 3.63) is 77.6 Å². The lowest BCUT2D eigenvalue weighted by molar-refractivity contribution is 0.0497. The molecule has 8 nitrogen and oxygen atoms in total. The molecule has 6 rings (SSSR count). The first kappa shape index (κ1) is 26.8. The molecule has 2 heterocycles. The van der Waals surface area contributed by atoms with E-state index in [2.05, 4.69) is 17.0 Å². The molecule has 2 N–H and O–H groups in total. The molecule has 0 fully saturated rings. The Bertz CT molecular complexity index is 1960. The van der Waals surface area contributed by atoms with Crippen LogP contribution in [0.4, 0.5) is 11.4 Å². The van der Waals surface area contributed by atoms with Crippen LogP contribution < -0.4 is 10.0 Å². The Kier molecular flexibility index (Phi) is 6.91. The van der Waals surface area contributed by atoms with Crippen molar-refractivity contribution >= 4 is 65.8 Å². The molecule has 0 spiro atoms. The number of aryl methyl sites for hydroxylation is 1. The van der Waals surface area contributed by atoms with Crippen LogP contribution in [0.1, 0.15) is 65.5 Å². The number of sulfonamides is 1. The summed E-state index contributed by atoms with van der Waals surface area (Å²) in [4.78, 5) is 25.6. The summed E-state index contributed by atoms with van der Waals surface area (Å²) >= 11 is 0. The summed E-state index contributed by atoms with van der Waals surface area (Å²) in [7, 11) is -4.11. The van der Waals surface area contributed by atoms with Gasteiger partial charge in [0.1, 0.15) is 16.9 Å². The standard InChI is InChI=1S/C32H30N2O6S/c1-3-4-5-6-9-17-39-32(36)28-19(2)40-30-21-12-8-7-11-20(21)26(18-24(28)30)34-41(37,38)27-16-15-25-29-22(27)13-10-14-23(29)31(35)33-25/h7-8,10-16,18,34H,3-6,9,17H2,1-2H3,(H,33,35). The number of fused-ring (bicyclic) bond motifs is 3. The van der Waals surface area contributed by atoms with E-state index in [0.717, 1.165) is 32.1 Å². The smallest absolute Gasteiger partial charge is 0.342 e. The molecule has 210 valence electrons. The maximum Gasteiger partial charge on any atom is 0.342 e. The molecule has 0 unspecified atom stereocenters. The summed E-state index contributed by atoms with van der Waals surface area (Å²) < 4.78 is 42.1. The number of ether oxygens (including phenoxy) is 1. The van der Waals surface area contributed by atoms with E-state index in [1.165, 1.54) is 6.07 Å². The van der Waals surface area contributed by atoms with E-state index in [0.29, 0.717) is 61.8 Å². The van der Waals surface area contributed by atoms with Gasteiger partial charge in [-0.25, -0.2) is 13.2 Å². The van der Waals surface area contributed by atoms with E-state index in [9.17, 15) is 18.0 Å². The van der Waals surface area contributed by atoms with Crippen LogP contribution in [0.3, 0.4) is 0 Å². The maximum atomic E-state index is 13.9. The highest BCUT2D eigenvalue weighted by Gasteiger charge is 2.28. The third kappa shape index (κ3) is 4.70. The Morgan fingerprint density at radius 2 is 1.68 bits per heavy atom. The third-order valence-electron chi connectivity index (χ3n) is 7.58. The van der Waals surface area contributed by atoms with E-state index in [1.807, 2.05) is 18.2 Å². The third-order valence-corrected chi connectivity index (χ3v) is 9.01. The largest absolute Gasteiger partial charge is 0.462 e. The van der Waals surface area contributed by atoms with Crippen molar-refractivity contribution in [3.8, 4) is 0 Å². The lowest BCUT2D eigenvalue weighted by Crippen LogP contribution is -2.14. The van der Waals surface area contributed by atoms with Crippen LogP contribution >= 0.6 is 0 Å². The molecule has 0 saturated carbocycles. The molecule has 1 aromatic heterocycles. The average molecular weight is 571 g/mol. The van der Waals surface area contributed by atoms with Crippen LogP contribution in [-0.2, 0) is 14.8 Å². The van der Waals surface area contributed by atoms with Gasteiger partial charge in [0, 0.05) is 38.2 Å². The minimum absolute atomic E-state index is 0.0462. The van der Waals surface area contributed by atoms with Gasteiger partial charge in [0.2, 0.25) is 0 Å². The Hall–Kier alpha value is -4.37. The number of anilines is 2. The normalized spacial score (nSPS) is 12.8. The number of benzene rings is 4. The number of nitrogens with one attached hydrogen (secondary N) is 2. The summed E-state index contributed by atoms with van der Waals surface area (Å²) in [6.45, 7) is 4.17. The first-order valence-electron chi connectivity index (χ1n) is 13.8.